The summed E-state index contributed by atoms with van der Waals surface area (Å²) in [7, 11) is -2.89. The second-order valence-electron chi connectivity index (χ2n) is 6.10. The summed E-state index contributed by atoms with van der Waals surface area (Å²) in [5.74, 6) is 1.01. The van der Waals surface area contributed by atoms with Crippen LogP contribution < -0.4 is 10.9 Å². The van der Waals surface area contributed by atoms with Gasteiger partial charge in [-0.3, -0.25) is 9.59 Å². The van der Waals surface area contributed by atoms with E-state index in [0.717, 1.165) is 12.8 Å². The largest absolute Gasteiger partial charge is 0.350 e. The Kier molecular flexibility index (Phi) is 4.03. The number of hydrogen-bond donors (Lipinski definition) is 2. The van der Waals surface area contributed by atoms with Crippen molar-refractivity contribution in [1.29, 1.82) is 0 Å². The smallest absolute Gasteiger partial charge is 0.270 e. The van der Waals surface area contributed by atoms with Crippen LogP contribution in [0.2, 0.25) is 0 Å². The number of carbonyl (C=O) groups is 1. The van der Waals surface area contributed by atoms with Gasteiger partial charge in [-0.1, -0.05) is 0 Å². The molecule has 1 aliphatic carbocycles. The van der Waals surface area contributed by atoms with E-state index in [-0.39, 0.29) is 40.5 Å². The van der Waals surface area contributed by atoms with E-state index in [9.17, 15) is 18.0 Å². The van der Waals surface area contributed by atoms with Gasteiger partial charge < -0.3 is 10.3 Å². The number of rotatable bonds is 4. The summed E-state index contributed by atoms with van der Waals surface area (Å²) < 4.78 is 22.7. The average molecular weight is 325 g/mol. The fourth-order valence-electron chi connectivity index (χ4n) is 2.61. The first-order valence-corrected chi connectivity index (χ1v) is 9.35. The van der Waals surface area contributed by atoms with E-state index in [4.69, 9.17) is 0 Å². The fourth-order valence-corrected chi connectivity index (χ4v) is 4.20. The molecule has 120 valence electrons. The van der Waals surface area contributed by atoms with Crippen LogP contribution in [0.5, 0.6) is 0 Å². The van der Waals surface area contributed by atoms with Crippen molar-refractivity contribution in [2.24, 2.45) is 5.92 Å². The monoisotopic (exact) mass is 325 g/mol. The van der Waals surface area contributed by atoms with Gasteiger partial charge in [0.15, 0.2) is 0 Å². The van der Waals surface area contributed by atoms with E-state index in [2.05, 4.69) is 15.3 Å². The molecule has 2 N–H and O–H groups in total. The molecule has 1 amide bonds. The van der Waals surface area contributed by atoms with Crippen molar-refractivity contribution in [2.45, 2.75) is 31.6 Å². The van der Waals surface area contributed by atoms with Crippen molar-refractivity contribution in [2.75, 3.05) is 18.1 Å². The molecule has 22 heavy (non-hydrogen) atoms. The molecule has 7 nitrogen and oxygen atoms in total. The number of aromatic nitrogens is 2. The van der Waals surface area contributed by atoms with Crippen LogP contribution in [0.1, 0.15) is 47.9 Å². The highest BCUT2D eigenvalue weighted by Gasteiger charge is 2.27. The van der Waals surface area contributed by atoms with Gasteiger partial charge in [-0.25, -0.2) is 13.4 Å². The van der Waals surface area contributed by atoms with Crippen molar-refractivity contribution >= 4 is 15.7 Å². The molecule has 1 aromatic rings. The quantitative estimate of drug-likeness (QED) is 0.822. The van der Waals surface area contributed by atoms with Crippen LogP contribution in [0.15, 0.2) is 10.9 Å². The first-order valence-electron chi connectivity index (χ1n) is 7.53. The zero-order chi connectivity index (χ0) is 15.7. The molecule has 2 fully saturated rings. The van der Waals surface area contributed by atoms with Crippen LogP contribution in [0.3, 0.4) is 0 Å². The lowest BCUT2D eigenvalue weighted by molar-refractivity contribution is 0.0940. The first-order chi connectivity index (χ1) is 10.4. The SMILES string of the molecule is O=C(NCC1CCS(=O)(=O)CC1)c1cc(=O)[nH]c(C2CC2)n1. The lowest BCUT2D eigenvalue weighted by atomic mass is 10.0. The Bertz CT molecular complexity index is 723. The second-order valence-corrected chi connectivity index (χ2v) is 8.40. The number of amides is 1. The standard InChI is InChI=1S/C14H19N3O4S/c18-12-7-11(16-13(17-12)10-1-2-10)14(19)15-8-9-3-5-22(20,21)6-4-9/h7,9-10H,1-6,8H2,(H,15,19)(H,16,17,18). The lowest BCUT2D eigenvalue weighted by Gasteiger charge is -2.21. The molecule has 3 rings (SSSR count). The van der Waals surface area contributed by atoms with Crippen molar-refractivity contribution in [1.82, 2.24) is 15.3 Å². The Labute approximate surface area is 128 Å². The number of sulfone groups is 1. The van der Waals surface area contributed by atoms with Crippen molar-refractivity contribution in [3.63, 3.8) is 0 Å². The third kappa shape index (κ3) is 3.73. The molecule has 1 aromatic heterocycles. The molecule has 0 unspecified atom stereocenters. The minimum atomic E-state index is -2.89. The molecule has 1 saturated heterocycles. The maximum absolute atomic E-state index is 12.1. The van der Waals surface area contributed by atoms with Gasteiger partial charge in [0, 0.05) is 18.5 Å². The molecule has 0 spiro atoms. The van der Waals surface area contributed by atoms with Crippen LogP contribution in [-0.4, -0.2) is 42.3 Å². The van der Waals surface area contributed by atoms with E-state index in [1.165, 1.54) is 6.07 Å². The summed E-state index contributed by atoms with van der Waals surface area (Å²) in [6.07, 6.45) is 3.12. The first kappa shape index (κ1) is 15.2. The molecular weight excluding hydrogens is 306 g/mol. The Hall–Kier alpha value is -1.70. The molecule has 0 atom stereocenters. The number of H-pyrrole nitrogens is 1. The number of hydrogen-bond acceptors (Lipinski definition) is 5. The summed E-state index contributed by atoms with van der Waals surface area (Å²) in [5.41, 5.74) is -0.181. The Morgan fingerprint density at radius 2 is 1.95 bits per heavy atom. The van der Waals surface area contributed by atoms with Gasteiger partial charge in [0.2, 0.25) is 0 Å². The van der Waals surface area contributed by atoms with E-state index in [1.807, 2.05) is 0 Å². The number of nitrogens with zero attached hydrogens (tertiary/aromatic N) is 1. The van der Waals surface area contributed by atoms with Crippen LogP contribution in [0.4, 0.5) is 0 Å². The molecule has 0 bridgehead atoms. The zero-order valence-corrected chi connectivity index (χ0v) is 13.0. The topological polar surface area (TPSA) is 109 Å². The fraction of sp³-hybridized carbons (Fsp3) is 0.643. The minimum Gasteiger partial charge on any atom is -0.350 e. The van der Waals surface area contributed by atoms with Gasteiger partial charge in [-0.15, -0.1) is 0 Å². The van der Waals surface area contributed by atoms with Crippen LogP contribution in [0.25, 0.3) is 0 Å². The van der Waals surface area contributed by atoms with Crippen molar-refractivity contribution in [3.8, 4) is 0 Å². The summed E-state index contributed by atoms with van der Waals surface area (Å²) in [5, 5.41) is 2.76. The highest BCUT2D eigenvalue weighted by molar-refractivity contribution is 7.91. The Morgan fingerprint density at radius 3 is 2.59 bits per heavy atom. The number of nitrogens with one attached hydrogen (secondary N) is 2. The molecule has 8 heteroatoms. The summed E-state index contributed by atoms with van der Waals surface area (Å²) >= 11 is 0. The van der Waals surface area contributed by atoms with E-state index < -0.39 is 9.84 Å². The van der Waals surface area contributed by atoms with Gasteiger partial charge in [0.25, 0.3) is 11.5 Å². The maximum Gasteiger partial charge on any atom is 0.270 e. The normalized spacial score (nSPS) is 21.5. The van der Waals surface area contributed by atoms with E-state index in [1.54, 1.807) is 0 Å². The van der Waals surface area contributed by atoms with Gasteiger partial charge in [0.05, 0.1) is 11.5 Å². The predicted molar refractivity (Wildman–Crippen MR) is 80.5 cm³/mol. The highest BCUT2D eigenvalue weighted by atomic mass is 32.2. The lowest BCUT2D eigenvalue weighted by Crippen LogP contribution is -2.35. The van der Waals surface area contributed by atoms with Gasteiger partial charge in [0.1, 0.15) is 21.4 Å². The molecule has 2 heterocycles. The zero-order valence-electron chi connectivity index (χ0n) is 12.2. The molecule has 1 aliphatic heterocycles. The Balaban J connectivity index is 1.59. The second kappa shape index (κ2) is 5.83. The predicted octanol–water partition coefficient (Wildman–Crippen LogP) is 0.202. The van der Waals surface area contributed by atoms with Crippen molar-refractivity contribution < 1.29 is 13.2 Å². The molecular formula is C14H19N3O4S. The molecule has 2 aliphatic rings. The minimum absolute atomic E-state index is 0.133. The number of carbonyl (C=O) groups excluding carboxylic acids is 1. The van der Waals surface area contributed by atoms with E-state index in [0.29, 0.717) is 25.2 Å². The summed E-state index contributed by atoms with van der Waals surface area (Å²) in [6, 6.07) is 1.20. The Morgan fingerprint density at radius 1 is 1.27 bits per heavy atom. The van der Waals surface area contributed by atoms with Crippen LogP contribution in [-0.2, 0) is 9.84 Å². The molecule has 1 saturated carbocycles. The maximum atomic E-state index is 12.1. The van der Waals surface area contributed by atoms with Crippen LogP contribution >= 0.6 is 0 Å². The van der Waals surface area contributed by atoms with E-state index >= 15 is 0 Å². The van der Waals surface area contributed by atoms with Gasteiger partial charge in [-0.2, -0.15) is 0 Å². The van der Waals surface area contributed by atoms with Crippen LogP contribution in [0, 0.1) is 5.92 Å². The average Bonchev–Trinajstić information content (AvgIpc) is 3.30. The summed E-state index contributed by atoms with van der Waals surface area (Å²) in [4.78, 5) is 30.6. The third-order valence-electron chi connectivity index (χ3n) is 4.18. The summed E-state index contributed by atoms with van der Waals surface area (Å²) in [6.45, 7) is 0.418. The molecule has 0 radical (unpaired) electrons. The van der Waals surface area contributed by atoms with Gasteiger partial charge >= 0.3 is 0 Å². The number of aromatic amines is 1. The molecule has 0 aromatic carbocycles. The third-order valence-corrected chi connectivity index (χ3v) is 5.90. The van der Waals surface area contributed by atoms with Gasteiger partial charge in [-0.05, 0) is 31.6 Å². The van der Waals surface area contributed by atoms with Crippen molar-refractivity contribution in [3.05, 3.63) is 27.9 Å². The highest BCUT2D eigenvalue weighted by Crippen LogP contribution is 2.37.